The van der Waals surface area contributed by atoms with Gasteiger partial charge < -0.3 is 11.1 Å². The molecule has 0 aliphatic carbocycles. The summed E-state index contributed by atoms with van der Waals surface area (Å²) in [7, 11) is 0. The molecule has 0 saturated heterocycles. The summed E-state index contributed by atoms with van der Waals surface area (Å²) in [5, 5.41) is 2.97. The van der Waals surface area contributed by atoms with Gasteiger partial charge in [0.05, 0.1) is 5.92 Å². The monoisotopic (exact) mass is 282 g/mol. The molecular weight excluding hydrogens is 260 g/mol. The first-order valence-electron chi connectivity index (χ1n) is 7.31. The van der Waals surface area contributed by atoms with Crippen LogP contribution in [0.1, 0.15) is 36.5 Å². The van der Waals surface area contributed by atoms with Crippen LogP contribution >= 0.6 is 0 Å². The van der Waals surface area contributed by atoms with Crippen molar-refractivity contribution in [2.24, 2.45) is 0 Å². The van der Waals surface area contributed by atoms with E-state index < -0.39 is 0 Å². The van der Waals surface area contributed by atoms with E-state index in [1.165, 1.54) is 5.56 Å². The van der Waals surface area contributed by atoms with Crippen molar-refractivity contribution in [3.8, 4) is 0 Å². The number of hydrogen-bond acceptors (Lipinski definition) is 2. The Labute approximate surface area is 126 Å². The van der Waals surface area contributed by atoms with Gasteiger partial charge in [0, 0.05) is 12.2 Å². The van der Waals surface area contributed by atoms with Gasteiger partial charge >= 0.3 is 0 Å². The van der Waals surface area contributed by atoms with E-state index in [1.807, 2.05) is 31.2 Å². The predicted octanol–water partition coefficient (Wildman–Crippen LogP) is 3.25. The lowest BCUT2D eigenvalue weighted by Crippen LogP contribution is -2.27. The maximum Gasteiger partial charge on any atom is 0.227 e. The lowest BCUT2D eigenvalue weighted by Gasteiger charge is -2.13. The molecule has 0 radical (unpaired) electrons. The first-order chi connectivity index (χ1) is 10.1. The molecule has 1 atom stereocenters. The smallest absolute Gasteiger partial charge is 0.227 e. The summed E-state index contributed by atoms with van der Waals surface area (Å²) >= 11 is 0. The topological polar surface area (TPSA) is 55.1 Å². The molecule has 3 N–H and O–H groups in total. The Morgan fingerprint density at radius 3 is 2.43 bits per heavy atom. The van der Waals surface area contributed by atoms with Crippen LogP contribution in [0.3, 0.4) is 0 Å². The molecule has 0 aliphatic heterocycles. The van der Waals surface area contributed by atoms with E-state index in [0.717, 1.165) is 17.5 Å². The highest BCUT2D eigenvalue weighted by Gasteiger charge is 2.14. The Morgan fingerprint density at radius 2 is 1.81 bits per heavy atom. The van der Waals surface area contributed by atoms with Crippen molar-refractivity contribution in [2.45, 2.75) is 32.7 Å². The molecule has 1 unspecified atom stereocenters. The first kappa shape index (κ1) is 15.1. The summed E-state index contributed by atoms with van der Waals surface area (Å²) in [5.74, 6) is -0.191. The average molecular weight is 282 g/mol. The van der Waals surface area contributed by atoms with Crippen LogP contribution in [0.25, 0.3) is 0 Å². The molecule has 3 heteroatoms. The van der Waals surface area contributed by atoms with Gasteiger partial charge in [-0.25, -0.2) is 0 Å². The van der Waals surface area contributed by atoms with Crippen LogP contribution < -0.4 is 11.1 Å². The summed E-state index contributed by atoms with van der Waals surface area (Å²) in [4.78, 5) is 12.2. The molecule has 0 aliphatic rings. The van der Waals surface area contributed by atoms with Crippen LogP contribution in [0, 0.1) is 0 Å². The summed E-state index contributed by atoms with van der Waals surface area (Å²) < 4.78 is 0. The van der Waals surface area contributed by atoms with Crippen molar-refractivity contribution in [1.82, 2.24) is 5.32 Å². The molecule has 0 bridgehead atoms. The minimum absolute atomic E-state index is 0.0140. The van der Waals surface area contributed by atoms with Crippen molar-refractivity contribution < 1.29 is 4.79 Å². The number of rotatable bonds is 5. The third kappa shape index (κ3) is 4.09. The maximum absolute atomic E-state index is 12.2. The highest BCUT2D eigenvalue weighted by atomic mass is 16.1. The van der Waals surface area contributed by atoms with Crippen molar-refractivity contribution in [3.63, 3.8) is 0 Å². The van der Waals surface area contributed by atoms with Gasteiger partial charge in [-0.05, 0) is 42.2 Å². The van der Waals surface area contributed by atoms with E-state index in [-0.39, 0.29) is 11.8 Å². The number of anilines is 1. The number of carbonyl (C=O) groups excluding carboxylic acids is 1. The van der Waals surface area contributed by atoms with Crippen LogP contribution in [0.4, 0.5) is 5.69 Å². The molecule has 2 aromatic carbocycles. The summed E-state index contributed by atoms with van der Waals surface area (Å²) in [6.45, 7) is 4.57. The van der Waals surface area contributed by atoms with E-state index in [0.29, 0.717) is 12.2 Å². The van der Waals surface area contributed by atoms with Crippen LogP contribution in [0.5, 0.6) is 0 Å². The largest absolute Gasteiger partial charge is 0.399 e. The molecule has 3 nitrogen and oxygen atoms in total. The third-order valence-electron chi connectivity index (χ3n) is 3.70. The maximum atomic E-state index is 12.2. The minimum atomic E-state index is -0.205. The molecule has 0 aromatic heterocycles. The number of amides is 1. The van der Waals surface area contributed by atoms with Crippen molar-refractivity contribution in [1.29, 1.82) is 0 Å². The van der Waals surface area contributed by atoms with Crippen molar-refractivity contribution in [3.05, 3.63) is 65.2 Å². The number of nitrogen functional groups attached to an aromatic ring is 1. The van der Waals surface area contributed by atoms with Gasteiger partial charge in [0.15, 0.2) is 0 Å². The van der Waals surface area contributed by atoms with Gasteiger partial charge in [-0.2, -0.15) is 0 Å². The molecule has 0 saturated carbocycles. The first-order valence-corrected chi connectivity index (χ1v) is 7.31. The number of carbonyl (C=O) groups is 1. The Hall–Kier alpha value is -2.29. The summed E-state index contributed by atoms with van der Waals surface area (Å²) in [6.07, 6.45) is 1.03. The Bertz CT molecular complexity index is 605. The quantitative estimate of drug-likeness (QED) is 0.827. The molecular formula is C18H22N2O. The zero-order valence-corrected chi connectivity index (χ0v) is 12.6. The SMILES string of the molecule is CCc1ccc(CNC(=O)C(C)c2cccc(N)c2)cc1. The van der Waals surface area contributed by atoms with E-state index in [4.69, 9.17) is 5.73 Å². The average Bonchev–Trinajstić information content (AvgIpc) is 2.52. The zero-order chi connectivity index (χ0) is 15.2. The predicted molar refractivity (Wildman–Crippen MR) is 86.9 cm³/mol. The highest BCUT2D eigenvalue weighted by molar-refractivity contribution is 5.83. The van der Waals surface area contributed by atoms with E-state index in [2.05, 4.69) is 36.5 Å². The molecule has 0 heterocycles. The fraction of sp³-hybridized carbons (Fsp3) is 0.278. The minimum Gasteiger partial charge on any atom is -0.399 e. The lowest BCUT2D eigenvalue weighted by molar-refractivity contribution is -0.122. The molecule has 2 rings (SSSR count). The normalized spacial score (nSPS) is 11.9. The second-order valence-corrected chi connectivity index (χ2v) is 5.28. The Balaban J connectivity index is 1.94. The van der Waals surface area contributed by atoms with Crippen molar-refractivity contribution in [2.75, 3.05) is 5.73 Å². The second-order valence-electron chi connectivity index (χ2n) is 5.28. The molecule has 0 fully saturated rings. The number of benzene rings is 2. The Morgan fingerprint density at radius 1 is 1.14 bits per heavy atom. The van der Waals surface area contributed by atoms with E-state index >= 15 is 0 Å². The second kappa shape index (κ2) is 6.93. The summed E-state index contributed by atoms with van der Waals surface area (Å²) in [5.41, 5.74) is 9.79. The van der Waals surface area contributed by atoms with Gasteiger partial charge in [-0.15, -0.1) is 0 Å². The zero-order valence-electron chi connectivity index (χ0n) is 12.6. The third-order valence-corrected chi connectivity index (χ3v) is 3.70. The van der Waals surface area contributed by atoms with E-state index in [1.54, 1.807) is 0 Å². The molecule has 1 amide bonds. The van der Waals surface area contributed by atoms with Crippen LogP contribution in [0.15, 0.2) is 48.5 Å². The van der Waals surface area contributed by atoms with Crippen LogP contribution in [-0.4, -0.2) is 5.91 Å². The molecule has 0 spiro atoms. The lowest BCUT2D eigenvalue weighted by atomic mass is 9.99. The molecule has 21 heavy (non-hydrogen) atoms. The molecule has 2 aromatic rings. The Kier molecular flexibility index (Phi) is 4.99. The standard InChI is InChI=1S/C18H22N2O/c1-3-14-7-9-15(10-8-14)12-20-18(21)13(2)16-5-4-6-17(19)11-16/h4-11,13H,3,12,19H2,1-2H3,(H,20,21). The number of aryl methyl sites for hydroxylation is 1. The van der Waals surface area contributed by atoms with E-state index in [9.17, 15) is 4.79 Å². The van der Waals surface area contributed by atoms with Gasteiger partial charge in [0.2, 0.25) is 5.91 Å². The highest BCUT2D eigenvalue weighted by Crippen LogP contribution is 2.18. The number of hydrogen-bond donors (Lipinski definition) is 2. The van der Waals surface area contributed by atoms with Gasteiger partial charge in [0.1, 0.15) is 0 Å². The van der Waals surface area contributed by atoms with Gasteiger partial charge in [-0.3, -0.25) is 4.79 Å². The van der Waals surface area contributed by atoms with Crippen LogP contribution in [-0.2, 0) is 17.8 Å². The van der Waals surface area contributed by atoms with Crippen molar-refractivity contribution >= 4 is 11.6 Å². The fourth-order valence-corrected chi connectivity index (χ4v) is 2.21. The summed E-state index contributed by atoms with van der Waals surface area (Å²) in [6, 6.07) is 15.8. The van der Waals surface area contributed by atoms with Gasteiger partial charge in [0.25, 0.3) is 0 Å². The molecule has 110 valence electrons. The fourth-order valence-electron chi connectivity index (χ4n) is 2.21. The number of nitrogens with one attached hydrogen (secondary N) is 1. The van der Waals surface area contributed by atoms with Gasteiger partial charge in [-0.1, -0.05) is 43.3 Å². The number of nitrogens with two attached hydrogens (primary N) is 1. The van der Waals surface area contributed by atoms with Crippen LogP contribution in [0.2, 0.25) is 0 Å².